The molecule has 1 amide bonds. The molecule has 0 aliphatic rings. The van der Waals surface area contributed by atoms with Crippen LogP contribution in [0.1, 0.15) is 45.0 Å². The van der Waals surface area contributed by atoms with E-state index in [1.165, 1.54) is 11.3 Å². The number of nitrogens with zero attached hydrogens (tertiary/aromatic N) is 2. The normalized spacial score (nSPS) is 12.1. The van der Waals surface area contributed by atoms with Crippen LogP contribution in [0.25, 0.3) is 0 Å². The third-order valence-corrected chi connectivity index (χ3v) is 5.55. The maximum Gasteiger partial charge on any atom is 0.227 e. The zero-order valence-electron chi connectivity index (χ0n) is 12.2. The highest BCUT2D eigenvalue weighted by Crippen LogP contribution is 2.22. The van der Waals surface area contributed by atoms with Crippen LogP contribution in [0.15, 0.2) is 0 Å². The van der Waals surface area contributed by atoms with E-state index in [0.29, 0.717) is 5.13 Å². The predicted molar refractivity (Wildman–Crippen MR) is 80.7 cm³/mol. The van der Waals surface area contributed by atoms with E-state index in [4.69, 9.17) is 0 Å². The molecule has 0 fully saturated rings. The molecule has 0 aromatic carbocycles. The quantitative estimate of drug-likeness (QED) is 0.831. The van der Waals surface area contributed by atoms with Crippen molar-refractivity contribution in [3.05, 3.63) is 5.01 Å². The Morgan fingerprint density at radius 1 is 1.25 bits per heavy atom. The molecule has 0 saturated heterocycles. The average molecular weight is 319 g/mol. The largest absolute Gasteiger partial charge is 0.301 e. The molecular weight excluding hydrogens is 298 g/mol. The lowest BCUT2D eigenvalue weighted by Gasteiger charge is -2.06. The van der Waals surface area contributed by atoms with Gasteiger partial charge in [0.05, 0.1) is 11.5 Å². The van der Waals surface area contributed by atoms with Crippen molar-refractivity contribution in [3.63, 3.8) is 0 Å². The molecular formula is C12H21N3O3S2. The molecule has 1 rings (SSSR count). The molecule has 0 unspecified atom stereocenters. The Labute approximate surface area is 123 Å². The predicted octanol–water partition coefficient (Wildman–Crippen LogP) is 2.06. The molecule has 0 radical (unpaired) electrons. The van der Waals surface area contributed by atoms with Crippen molar-refractivity contribution in [1.82, 2.24) is 10.2 Å². The van der Waals surface area contributed by atoms with Crippen LogP contribution in [0.2, 0.25) is 0 Å². The van der Waals surface area contributed by atoms with Crippen LogP contribution in [0, 0.1) is 5.92 Å². The second-order valence-corrected chi connectivity index (χ2v) is 8.64. The van der Waals surface area contributed by atoms with E-state index in [0.717, 1.165) is 5.01 Å². The maximum atomic E-state index is 11.7. The Bertz CT molecular complexity index is 550. The molecule has 114 valence electrons. The van der Waals surface area contributed by atoms with Gasteiger partial charge in [-0.1, -0.05) is 39.0 Å². The summed E-state index contributed by atoms with van der Waals surface area (Å²) in [5.74, 6) is -0.0446. The van der Waals surface area contributed by atoms with E-state index in [1.807, 2.05) is 27.7 Å². The summed E-state index contributed by atoms with van der Waals surface area (Å²) in [6.07, 6.45) is -0.0500. The fourth-order valence-corrected chi connectivity index (χ4v) is 3.98. The summed E-state index contributed by atoms with van der Waals surface area (Å²) in [5.41, 5.74) is 0. The molecule has 0 aliphatic carbocycles. The molecule has 0 bridgehead atoms. The van der Waals surface area contributed by atoms with Crippen LogP contribution < -0.4 is 5.32 Å². The molecule has 1 aromatic heterocycles. The van der Waals surface area contributed by atoms with E-state index in [1.54, 1.807) is 0 Å². The van der Waals surface area contributed by atoms with Gasteiger partial charge in [0.15, 0.2) is 9.84 Å². The van der Waals surface area contributed by atoms with Crippen molar-refractivity contribution in [2.24, 2.45) is 5.92 Å². The van der Waals surface area contributed by atoms with Gasteiger partial charge in [0.1, 0.15) is 5.01 Å². The van der Waals surface area contributed by atoms with Crippen molar-refractivity contribution < 1.29 is 13.2 Å². The van der Waals surface area contributed by atoms with Crippen LogP contribution in [0.5, 0.6) is 0 Å². The van der Waals surface area contributed by atoms with Gasteiger partial charge in [0.25, 0.3) is 0 Å². The molecule has 20 heavy (non-hydrogen) atoms. The minimum Gasteiger partial charge on any atom is -0.301 e. The van der Waals surface area contributed by atoms with Crippen LogP contribution in [0.4, 0.5) is 5.13 Å². The Morgan fingerprint density at radius 3 is 2.40 bits per heavy atom. The summed E-state index contributed by atoms with van der Waals surface area (Å²) in [6, 6.07) is 0. The number of nitrogens with one attached hydrogen (secondary N) is 1. The smallest absolute Gasteiger partial charge is 0.227 e. The first-order chi connectivity index (χ1) is 9.19. The van der Waals surface area contributed by atoms with E-state index in [-0.39, 0.29) is 35.7 Å². The second kappa shape index (κ2) is 7.12. The Balaban J connectivity index is 2.47. The average Bonchev–Trinajstić information content (AvgIpc) is 2.73. The Kier molecular flexibility index (Phi) is 6.07. The van der Waals surface area contributed by atoms with Crippen LogP contribution >= 0.6 is 11.3 Å². The third-order valence-electron chi connectivity index (χ3n) is 2.41. The van der Waals surface area contributed by atoms with Gasteiger partial charge in [0, 0.05) is 12.3 Å². The fraction of sp³-hybridized carbons (Fsp3) is 0.750. The summed E-state index contributed by atoms with van der Waals surface area (Å²) in [6.45, 7) is 7.66. The zero-order chi connectivity index (χ0) is 15.3. The summed E-state index contributed by atoms with van der Waals surface area (Å²) < 4.78 is 23.4. The van der Waals surface area contributed by atoms with Gasteiger partial charge >= 0.3 is 0 Å². The maximum absolute atomic E-state index is 11.7. The summed E-state index contributed by atoms with van der Waals surface area (Å²) >= 11 is 1.31. The van der Waals surface area contributed by atoms with Gasteiger partial charge in [-0.05, 0) is 5.92 Å². The van der Waals surface area contributed by atoms with E-state index < -0.39 is 9.84 Å². The van der Waals surface area contributed by atoms with Gasteiger partial charge in [-0.15, -0.1) is 10.2 Å². The van der Waals surface area contributed by atoms with Crippen LogP contribution in [0.3, 0.4) is 0 Å². The minimum atomic E-state index is -3.17. The molecule has 0 atom stereocenters. The van der Waals surface area contributed by atoms with Gasteiger partial charge in [0.2, 0.25) is 11.0 Å². The minimum absolute atomic E-state index is 0.0500. The van der Waals surface area contributed by atoms with Crippen molar-refractivity contribution in [1.29, 1.82) is 0 Å². The number of rotatable bonds is 7. The highest BCUT2D eigenvalue weighted by Gasteiger charge is 2.16. The van der Waals surface area contributed by atoms with Crippen LogP contribution in [-0.2, 0) is 14.6 Å². The van der Waals surface area contributed by atoms with Gasteiger partial charge in [-0.25, -0.2) is 8.42 Å². The molecule has 1 N–H and O–H groups in total. The highest BCUT2D eigenvalue weighted by atomic mass is 32.2. The van der Waals surface area contributed by atoms with E-state index in [9.17, 15) is 13.2 Å². The zero-order valence-corrected chi connectivity index (χ0v) is 13.8. The summed E-state index contributed by atoms with van der Waals surface area (Å²) in [7, 11) is -3.17. The molecule has 0 saturated carbocycles. The molecule has 1 heterocycles. The summed E-state index contributed by atoms with van der Waals surface area (Å²) in [5, 5.41) is 11.7. The summed E-state index contributed by atoms with van der Waals surface area (Å²) in [4.78, 5) is 11.7. The first-order valence-electron chi connectivity index (χ1n) is 6.53. The number of hydrogen-bond donors (Lipinski definition) is 1. The van der Waals surface area contributed by atoms with Crippen LogP contribution in [-0.4, -0.2) is 36.0 Å². The molecule has 0 aliphatic heterocycles. The number of aromatic nitrogens is 2. The number of hydrogen-bond acceptors (Lipinski definition) is 6. The van der Waals surface area contributed by atoms with Gasteiger partial charge in [-0.2, -0.15) is 0 Å². The monoisotopic (exact) mass is 319 g/mol. The molecule has 1 aromatic rings. The van der Waals surface area contributed by atoms with Crippen molar-refractivity contribution in [3.8, 4) is 0 Å². The molecule has 8 heteroatoms. The standard InChI is InChI=1S/C12H21N3O3S2/c1-8(2)7-20(17,18)6-5-10(16)13-12-15-14-11(19-12)9(3)4/h8-9H,5-7H2,1-4H3,(H,13,15,16). The van der Waals surface area contributed by atoms with Crippen molar-refractivity contribution in [2.75, 3.05) is 16.8 Å². The number of amides is 1. The molecule has 6 nitrogen and oxygen atoms in total. The third kappa shape index (κ3) is 5.96. The molecule has 0 spiro atoms. The Hall–Kier alpha value is -1.02. The number of anilines is 1. The number of carbonyl (C=O) groups excluding carboxylic acids is 1. The lowest BCUT2D eigenvalue weighted by Crippen LogP contribution is -2.20. The van der Waals surface area contributed by atoms with Crippen molar-refractivity contribution >= 4 is 32.2 Å². The van der Waals surface area contributed by atoms with Crippen molar-refractivity contribution in [2.45, 2.75) is 40.0 Å². The number of carbonyl (C=O) groups is 1. The van der Waals surface area contributed by atoms with E-state index in [2.05, 4.69) is 15.5 Å². The first-order valence-corrected chi connectivity index (χ1v) is 9.17. The number of sulfone groups is 1. The second-order valence-electron chi connectivity index (χ2n) is 5.41. The lowest BCUT2D eigenvalue weighted by molar-refractivity contribution is -0.115. The van der Waals surface area contributed by atoms with Gasteiger partial charge in [-0.3, -0.25) is 4.79 Å². The fourth-order valence-electron chi connectivity index (χ4n) is 1.54. The lowest BCUT2D eigenvalue weighted by atomic mass is 10.2. The Morgan fingerprint density at radius 2 is 1.90 bits per heavy atom. The first kappa shape index (κ1) is 17.0. The van der Waals surface area contributed by atoms with Gasteiger partial charge < -0.3 is 5.32 Å². The van der Waals surface area contributed by atoms with E-state index >= 15 is 0 Å². The SMILES string of the molecule is CC(C)CS(=O)(=O)CCC(=O)Nc1nnc(C(C)C)s1. The highest BCUT2D eigenvalue weighted by molar-refractivity contribution is 7.91. The topological polar surface area (TPSA) is 89.0 Å².